The van der Waals surface area contributed by atoms with E-state index in [2.05, 4.69) is 19.9 Å². The lowest BCUT2D eigenvalue weighted by Crippen LogP contribution is -2.34. The molecule has 0 saturated carbocycles. The van der Waals surface area contributed by atoms with Crippen molar-refractivity contribution in [1.82, 2.24) is 0 Å². The Balaban J connectivity index is 2.41. The van der Waals surface area contributed by atoms with E-state index >= 15 is 0 Å². The van der Waals surface area contributed by atoms with Crippen LogP contribution in [0.15, 0.2) is 4.99 Å². The summed E-state index contributed by atoms with van der Waals surface area (Å²) in [5, 5.41) is 8.62. The van der Waals surface area contributed by atoms with E-state index in [9.17, 15) is 0 Å². The van der Waals surface area contributed by atoms with E-state index in [1.807, 2.05) is 0 Å². The Kier molecular flexibility index (Phi) is 1.12. The van der Waals surface area contributed by atoms with Crippen LogP contribution in [0.25, 0.3) is 0 Å². The van der Waals surface area contributed by atoms with Crippen LogP contribution >= 0.6 is 0 Å². The average Bonchev–Trinajstić information content (AvgIpc) is 1.65. The molecule has 1 heterocycles. The summed E-state index contributed by atoms with van der Waals surface area (Å²) in [5.41, 5.74) is 0. The molecule has 7 heavy (non-hydrogen) atoms. The number of aliphatic hydroxyl groups excluding tert-OH is 1. The van der Waals surface area contributed by atoms with Crippen molar-refractivity contribution in [3.8, 4) is 0 Å². The Morgan fingerprint density at radius 2 is 2.71 bits per heavy atom. The van der Waals surface area contributed by atoms with Gasteiger partial charge < -0.3 is 9.53 Å². The van der Waals surface area contributed by atoms with Crippen molar-refractivity contribution in [3.63, 3.8) is 0 Å². The van der Waals surface area contributed by atoms with Gasteiger partial charge in [0.2, 0.25) is 5.90 Å². The molecule has 0 bridgehead atoms. The summed E-state index contributed by atoms with van der Waals surface area (Å²) in [6.07, 6.45) is -0.475. The van der Waals surface area contributed by atoms with Crippen LogP contribution < -0.4 is 0 Å². The van der Waals surface area contributed by atoms with Crippen LogP contribution in [0, 0.1) is 0 Å². The van der Waals surface area contributed by atoms with E-state index < -0.39 is 6.10 Å². The van der Waals surface area contributed by atoms with E-state index in [1.165, 1.54) is 0 Å². The van der Waals surface area contributed by atoms with E-state index in [4.69, 9.17) is 5.11 Å². The van der Waals surface area contributed by atoms with Gasteiger partial charge in [0.25, 0.3) is 0 Å². The number of rotatable bonds is 0. The molecule has 3 nitrogen and oxygen atoms in total. The number of aliphatic hydroxyl groups is 1. The molecule has 37 valence electrons. The highest BCUT2D eigenvalue weighted by Gasteiger charge is 2.19. The number of hydrogen-bond donors (Lipinski definition) is 1. The average molecular weight is 114 g/mol. The van der Waals surface area contributed by atoms with Crippen molar-refractivity contribution in [2.75, 3.05) is 6.54 Å². The zero-order valence-corrected chi connectivity index (χ0v) is 4.59. The first kappa shape index (κ1) is 4.80. The van der Waals surface area contributed by atoms with Crippen LogP contribution in [0.5, 0.6) is 0 Å². The molecule has 1 aliphatic heterocycles. The second-order valence-corrected chi connectivity index (χ2v) is 1.50. The van der Waals surface area contributed by atoms with Crippen molar-refractivity contribution in [2.24, 2.45) is 4.99 Å². The molecule has 0 aromatic carbocycles. The predicted octanol–water partition coefficient (Wildman–Crippen LogP) is -1.14. The first-order valence-electron chi connectivity index (χ1n) is 1.90. The van der Waals surface area contributed by atoms with Crippen molar-refractivity contribution in [1.29, 1.82) is 0 Å². The minimum Gasteiger partial charge on any atom is -0.529 e. The molecule has 0 saturated heterocycles. The highest BCUT2D eigenvalue weighted by molar-refractivity contribution is 6.08. The van der Waals surface area contributed by atoms with Crippen LogP contribution in [-0.2, 0) is 4.43 Å². The molecule has 0 amide bonds. The second kappa shape index (κ2) is 1.63. The molecule has 3 radical (unpaired) electrons. The van der Waals surface area contributed by atoms with Gasteiger partial charge in [0.05, 0.1) is 6.54 Å². The van der Waals surface area contributed by atoms with Gasteiger partial charge in [0.1, 0.15) is 6.10 Å². The van der Waals surface area contributed by atoms with Crippen LogP contribution in [0.3, 0.4) is 0 Å². The van der Waals surface area contributed by atoms with Crippen molar-refractivity contribution < 1.29 is 9.53 Å². The van der Waals surface area contributed by atoms with Crippen LogP contribution in [0.2, 0.25) is 0 Å². The van der Waals surface area contributed by atoms with Gasteiger partial charge in [-0.25, -0.2) is 0 Å². The fourth-order valence-electron chi connectivity index (χ4n) is 0.348. The molecule has 1 N–H and O–H groups in total. The normalized spacial score (nSPS) is 28.3. The quantitative estimate of drug-likeness (QED) is 0.404. The van der Waals surface area contributed by atoms with Gasteiger partial charge in [-0.1, -0.05) is 0 Å². The molecule has 1 atom stereocenters. The zero-order valence-electron chi connectivity index (χ0n) is 3.59. The Labute approximate surface area is 44.6 Å². The summed E-state index contributed by atoms with van der Waals surface area (Å²) in [6, 6.07) is 0. The molecule has 0 aromatic heterocycles. The Hall–Kier alpha value is -0.353. The van der Waals surface area contributed by atoms with Crippen LogP contribution in [-0.4, -0.2) is 34.1 Å². The van der Waals surface area contributed by atoms with E-state index in [1.54, 1.807) is 0 Å². The van der Waals surface area contributed by atoms with Crippen molar-refractivity contribution in [3.05, 3.63) is 0 Å². The first-order valence-corrected chi connectivity index (χ1v) is 2.31. The first-order chi connectivity index (χ1) is 3.34. The Morgan fingerprint density at radius 3 is 2.71 bits per heavy atom. The molecule has 0 aromatic rings. The van der Waals surface area contributed by atoms with Gasteiger partial charge in [-0.3, -0.25) is 4.99 Å². The largest absolute Gasteiger partial charge is 0.529 e. The van der Waals surface area contributed by atoms with Gasteiger partial charge in [-0.15, -0.1) is 0 Å². The maximum atomic E-state index is 8.62. The lowest BCUT2D eigenvalue weighted by molar-refractivity contribution is 0.207. The Morgan fingerprint density at radius 1 is 2.00 bits per heavy atom. The highest BCUT2D eigenvalue weighted by Crippen LogP contribution is 2.00. The van der Waals surface area contributed by atoms with Crippen LogP contribution in [0.4, 0.5) is 0 Å². The van der Waals surface area contributed by atoms with Crippen molar-refractivity contribution in [2.45, 2.75) is 6.10 Å². The van der Waals surface area contributed by atoms with E-state index in [0.29, 0.717) is 12.4 Å². The lowest BCUT2D eigenvalue weighted by Gasteiger charge is -2.17. The summed E-state index contributed by atoms with van der Waals surface area (Å²) in [7, 11) is 2.72. The third-order valence-corrected chi connectivity index (χ3v) is 1.02. The molecule has 0 spiro atoms. The Bertz CT molecular complexity index is 103. The third kappa shape index (κ3) is 0.663. The number of aliphatic imine (C=N–C) groups is 1. The predicted molar refractivity (Wildman–Crippen MR) is 25.1 cm³/mol. The van der Waals surface area contributed by atoms with Gasteiger partial charge in [-0.2, -0.15) is 0 Å². The van der Waals surface area contributed by atoms with Gasteiger partial charge in [0.15, 0.2) is 0 Å². The fourth-order valence-corrected chi connectivity index (χ4v) is 0.548. The maximum absolute atomic E-state index is 8.62. The molecule has 0 aliphatic carbocycles. The third-order valence-electron chi connectivity index (χ3n) is 0.810. The smallest absolute Gasteiger partial charge is 0.342 e. The molecule has 1 aliphatic rings. The minimum absolute atomic E-state index is 0.372. The molecule has 0 fully saturated rings. The summed E-state index contributed by atoms with van der Waals surface area (Å²) >= 11 is 0. The van der Waals surface area contributed by atoms with Gasteiger partial charge >= 0.3 is 10.5 Å². The van der Waals surface area contributed by atoms with E-state index in [-0.39, 0.29) is 0 Å². The molecule has 1 rings (SSSR count). The van der Waals surface area contributed by atoms with Gasteiger partial charge in [-0.05, 0) is 0 Å². The molecule has 4 heteroatoms. The van der Waals surface area contributed by atoms with Crippen LogP contribution in [0.1, 0.15) is 0 Å². The molecular formula is C3H4NO2Si. The maximum Gasteiger partial charge on any atom is 0.342 e. The topological polar surface area (TPSA) is 41.8 Å². The number of hydrogen-bond acceptors (Lipinski definition) is 3. The lowest BCUT2D eigenvalue weighted by atomic mass is 10.3. The molecular weight excluding hydrogens is 110 g/mol. The number of nitrogens with zero attached hydrogens (tertiary/aromatic N) is 1. The fraction of sp³-hybridized carbons (Fsp3) is 0.667. The monoisotopic (exact) mass is 114 g/mol. The second-order valence-electron chi connectivity index (χ2n) is 1.30. The van der Waals surface area contributed by atoms with Crippen molar-refractivity contribution >= 4 is 16.4 Å². The summed E-state index contributed by atoms with van der Waals surface area (Å²) in [4.78, 5) is 3.66. The highest BCUT2D eigenvalue weighted by atomic mass is 28.2. The zero-order chi connectivity index (χ0) is 5.28. The summed E-state index contributed by atoms with van der Waals surface area (Å²) in [5.74, 6) is 0.372. The van der Waals surface area contributed by atoms with Gasteiger partial charge in [0, 0.05) is 0 Å². The van der Waals surface area contributed by atoms with E-state index in [0.717, 1.165) is 0 Å². The minimum atomic E-state index is -0.475. The molecule has 0 unspecified atom stereocenters. The summed E-state index contributed by atoms with van der Waals surface area (Å²) in [6.45, 7) is 0.472. The SMILES string of the molecule is O[C@H]1CN=C1O[Si]. The summed E-state index contributed by atoms with van der Waals surface area (Å²) < 4.78 is 4.40. The standard InChI is InChI=1S/C3H4NO2Si/c5-2-1-4-3(2)6-7/h2,5H,1H2/t2-/m0/s1.